The number of benzene rings is 1. The molecule has 0 aliphatic carbocycles. The number of primary amides is 1. The Bertz CT molecular complexity index is 644. The molecule has 6 nitrogen and oxygen atoms in total. The first kappa shape index (κ1) is 11.3. The highest BCUT2D eigenvalue weighted by molar-refractivity contribution is 6.32. The van der Waals surface area contributed by atoms with Crippen molar-refractivity contribution < 1.29 is 4.79 Å². The third-order valence-electron chi connectivity index (χ3n) is 2.27. The van der Waals surface area contributed by atoms with Crippen LogP contribution in [0.4, 0.5) is 5.69 Å². The summed E-state index contributed by atoms with van der Waals surface area (Å²) in [5.41, 5.74) is 10.0. The number of nitrogens with two attached hydrogens (primary N) is 2. The van der Waals surface area contributed by atoms with Crippen LogP contribution >= 0.6 is 11.6 Å². The summed E-state index contributed by atoms with van der Waals surface area (Å²) in [5.74, 6) is -0.801. The van der Waals surface area contributed by atoms with Crippen LogP contribution in [0.1, 0.15) is 10.5 Å². The fourth-order valence-corrected chi connectivity index (χ4v) is 1.66. The third kappa shape index (κ3) is 1.78. The van der Waals surface area contributed by atoms with Gasteiger partial charge in [-0.1, -0.05) is 23.7 Å². The Morgan fingerprint density at radius 2 is 2.00 bits per heavy atom. The lowest BCUT2D eigenvalue weighted by Crippen LogP contribution is -2.17. The summed E-state index contributed by atoms with van der Waals surface area (Å²) >= 11 is 5.94. The van der Waals surface area contributed by atoms with E-state index in [1.165, 1.54) is 0 Å². The second-order valence-corrected chi connectivity index (χ2v) is 3.76. The molecule has 1 amide bonds. The third-order valence-corrected chi connectivity index (χ3v) is 2.59. The summed E-state index contributed by atoms with van der Waals surface area (Å²) in [7, 11) is 0. The van der Waals surface area contributed by atoms with E-state index in [1.807, 2.05) is 0 Å². The van der Waals surface area contributed by atoms with Gasteiger partial charge >= 0.3 is 0 Å². The van der Waals surface area contributed by atoms with E-state index in [4.69, 9.17) is 23.1 Å². The second-order valence-electron chi connectivity index (χ2n) is 3.36. The van der Waals surface area contributed by atoms with E-state index in [0.29, 0.717) is 10.7 Å². The molecule has 0 bridgehead atoms. The topological polar surface area (TPSA) is 107 Å². The van der Waals surface area contributed by atoms with Gasteiger partial charge in [0.15, 0.2) is 0 Å². The zero-order valence-corrected chi connectivity index (χ0v) is 9.36. The van der Waals surface area contributed by atoms with Gasteiger partial charge < -0.3 is 11.5 Å². The van der Waals surface area contributed by atoms with E-state index in [1.54, 1.807) is 24.3 Å². The molecule has 0 fully saturated rings. The van der Waals surface area contributed by atoms with Crippen LogP contribution in [0.2, 0.25) is 5.02 Å². The fourth-order valence-electron chi connectivity index (χ4n) is 1.44. The first-order valence-electron chi connectivity index (χ1n) is 4.67. The standard InChI is InChI=1S/C10H9ClN4O2/c11-5-3-1-2-4-6(5)15-10(17)7(12)8(14-15)9(13)16/h1-4,14H,12H2,(H2,13,16). The van der Waals surface area contributed by atoms with Crippen molar-refractivity contribution in [2.45, 2.75) is 0 Å². The van der Waals surface area contributed by atoms with Gasteiger partial charge in [0.2, 0.25) is 0 Å². The molecule has 2 rings (SSSR count). The van der Waals surface area contributed by atoms with Crippen molar-refractivity contribution in [2.75, 3.05) is 5.73 Å². The number of para-hydroxylation sites is 1. The number of hydrogen-bond acceptors (Lipinski definition) is 3. The maximum Gasteiger partial charge on any atom is 0.295 e. The molecule has 1 aromatic heterocycles. The Kier molecular flexibility index (Phi) is 2.64. The van der Waals surface area contributed by atoms with Crippen molar-refractivity contribution in [1.82, 2.24) is 9.78 Å². The number of halogens is 1. The normalized spacial score (nSPS) is 10.4. The molecular formula is C10H9ClN4O2. The van der Waals surface area contributed by atoms with Gasteiger partial charge in [0.25, 0.3) is 11.5 Å². The number of H-pyrrole nitrogens is 1. The summed E-state index contributed by atoms with van der Waals surface area (Å²) in [4.78, 5) is 22.8. The van der Waals surface area contributed by atoms with Crippen LogP contribution in [0, 0.1) is 0 Å². The monoisotopic (exact) mass is 252 g/mol. The summed E-state index contributed by atoms with van der Waals surface area (Å²) in [5, 5.41) is 2.88. The predicted octanol–water partition coefficient (Wildman–Crippen LogP) is 0.500. The molecule has 0 spiro atoms. The fraction of sp³-hybridized carbons (Fsp3) is 0. The van der Waals surface area contributed by atoms with Crippen LogP contribution in [-0.4, -0.2) is 15.7 Å². The number of aromatic nitrogens is 2. The number of amides is 1. The van der Waals surface area contributed by atoms with Gasteiger partial charge in [-0.15, -0.1) is 0 Å². The molecule has 0 aliphatic heterocycles. The Balaban J connectivity index is 2.70. The largest absolute Gasteiger partial charge is 0.392 e. The zero-order valence-electron chi connectivity index (χ0n) is 8.61. The number of carbonyl (C=O) groups excluding carboxylic acids is 1. The van der Waals surface area contributed by atoms with Crippen LogP contribution in [0.15, 0.2) is 29.1 Å². The number of rotatable bonds is 2. The van der Waals surface area contributed by atoms with Gasteiger partial charge in [-0.2, -0.15) is 0 Å². The lowest BCUT2D eigenvalue weighted by molar-refractivity contribution is 0.0996. The van der Waals surface area contributed by atoms with Crippen LogP contribution in [0.3, 0.4) is 0 Å². The molecular weight excluding hydrogens is 244 g/mol. The average Bonchev–Trinajstić information content (AvgIpc) is 2.57. The van der Waals surface area contributed by atoms with Crippen molar-refractivity contribution in [3.63, 3.8) is 0 Å². The molecule has 17 heavy (non-hydrogen) atoms. The summed E-state index contributed by atoms with van der Waals surface area (Å²) < 4.78 is 1.08. The lowest BCUT2D eigenvalue weighted by Gasteiger charge is -2.03. The first-order valence-corrected chi connectivity index (χ1v) is 5.05. The summed E-state index contributed by atoms with van der Waals surface area (Å²) in [6.07, 6.45) is 0. The van der Waals surface area contributed by atoms with Crippen LogP contribution in [0.25, 0.3) is 5.69 Å². The Morgan fingerprint density at radius 3 is 2.53 bits per heavy atom. The van der Waals surface area contributed by atoms with E-state index in [2.05, 4.69) is 5.10 Å². The zero-order chi connectivity index (χ0) is 12.6. The maximum atomic E-state index is 11.8. The molecule has 7 heteroatoms. The van der Waals surface area contributed by atoms with Crippen LogP contribution < -0.4 is 17.0 Å². The Morgan fingerprint density at radius 1 is 1.35 bits per heavy atom. The number of aromatic amines is 1. The average molecular weight is 253 g/mol. The molecule has 88 valence electrons. The highest BCUT2D eigenvalue weighted by Crippen LogP contribution is 2.18. The first-order chi connectivity index (χ1) is 8.02. The number of nitrogens with zero attached hydrogens (tertiary/aromatic N) is 1. The van der Waals surface area contributed by atoms with Crippen LogP contribution in [0.5, 0.6) is 0 Å². The molecule has 1 heterocycles. The number of nitrogen functional groups attached to an aromatic ring is 1. The van der Waals surface area contributed by atoms with Crippen molar-refractivity contribution >= 4 is 23.2 Å². The number of carbonyl (C=O) groups is 1. The maximum absolute atomic E-state index is 11.8. The second kappa shape index (κ2) is 3.99. The molecule has 1 aromatic carbocycles. The minimum Gasteiger partial charge on any atom is -0.392 e. The minimum absolute atomic E-state index is 0.130. The van der Waals surface area contributed by atoms with E-state index < -0.39 is 11.5 Å². The number of nitrogens with one attached hydrogen (secondary N) is 1. The Labute approximate surface area is 101 Å². The quantitative estimate of drug-likeness (QED) is 0.724. The SMILES string of the molecule is NC(=O)c1[nH]n(-c2ccccc2Cl)c(=O)c1N. The van der Waals surface area contributed by atoms with Crippen LogP contribution in [-0.2, 0) is 0 Å². The van der Waals surface area contributed by atoms with Gasteiger partial charge in [-0.25, -0.2) is 4.68 Å². The van der Waals surface area contributed by atoms with Gasteiger partial charge in [0.05, 0.1) is 10.7 Å². The number of hydrogen-bond donors (Lipinski definition) is 3. The molecule has 0 unspecified atom stereocenters. The van der Waals surface area contributed by atoms with Gasteiger partial charge in [-0.05, 0) is 12.1 Å². The van der Waals surface area contributed by atoms with E-state index in [-0.39, 0.29) is 11.4 Å². The molecule has 0 saturated carbocycles. The summed E-state index contributed by atoms with van der Waals surface area (Å²) in [6.45, 7) is 0. The Hall–Kier alpha value is -2.21. The van der Waals surface area contributed by atoms with E-state index >= 15 is 0 Å². The molecule has 0 radical (unpaired) electrons. The molecule has 0 saturated heterocycles. The van der Waals surface area contributed by atoms with Gasteiger partial charge in [-0.3, -0.25) is 14.7 Å². The van der Waals surface area contributed by atoms with Crippen molar-refractivity contribution in [3.05, 3.63) is 45.3 Å². The molecule has 0 atom stereocenters. The number of anilines is 1. The molecule has 5 N–H and O–H groups in total. The van der Waals surface area contributed by atoms with E-state index in [0.717, 1.165) is 4.68 Å². The predicted molar refractivity (Wildman–Crippen MR) is 64.3 cm³/mol. The summed E-state index contributed by atoms with van der Waals surface area (Å²) in [6, 6.07) is 6.65. The highest BCUT2D eigenvalue weighted by Gasteiger charge is 2.17. The van der Waals surface area contributed by atoms with Crippen molar-refractivity contribution in [3.8, 4) is 5.69 Å². The molecule has 2 aromatic rings. The lowest BCUT2D eigenvalue weighted by atomic mass is 10.3. The van der Waals surface area contributed by atoms with Gasteiger partial charge in [0.1, 0.15) is 11.4 Å². The van der Waals surface area contributed by atoms with E-state index in [9.17, 15) is 9.59 Å². The van der Waals surface area contributed by atoms with Crippen molar-refractivity contribution in [2.24, 2.45) is 5.73 Å². The van der Waals surface area contributed by atoms with Gasteiger partial charge in [0, 0.05) is 0 Å². The highest BCUT2D eigenvalue weighted by atomic mass is 35.5. The smallest absolute Gasteiger partial charge is 0.295 e. The minimum atomic E-state index is -0.801. The molecule has 0 aliphatic rings. The van der Waals surface area contributed by atoms with Crippen molar-refractivity contribution in [1.29, 1.82) is 0 Å².